The minimum atomic E-state index is -1.15. The number of carboxylic acid groups (broad SMARTS) is 1. The van der Waals surface area contributed by atoms with Gasteiger partial charge in [0.2, 0.25) is 0 Å². The van der Waals surface area contributed by atoms with E-state index in [2.05, 4.69) is 0 Å². The maximum atomic E-state index is 11.1. The van der Waals surface area contributed by atoms with Crippen molar-refractivity contribution in [2.75, 3.05) is 0 Å². The molecule has 4 nitrogen and oxygen atoms in total. The molecule has 0 aromatic carbocycles. The quantitative estimate of drug-likeness (QED) is 0.481. The molecule has 0 aromatic rings. The first-order chi connectivity index (χ1) is 5.63. The summed E-state index contributed by atoms with van der Waals surface area (Å²) < 4.78 is 4.92. The molecule has 3 atom stereocenters. The lowest BCUT2D eigenvalue weighted by atomic mass is 10.0. The number of hydrogen-bond donors (Lipinski definition) is 1. The summed E-state index contributed by atoms with van der Waals surface area (Å²) in [6.07, 6.45) is 1.03. The van der Waals surface area contributed by atoms with Crippen molar-refractivity contribution in [3.8, 4) is 0 Å². The van der Waals surface area contributed by atoms with E-state index in [1.807, 2.05) is 6.92 Å². The Balaban J connectivity index is 2.25. The number of carbonyl (C=O) groups is 2. The normalized spacial score (nSPS) is 43.6. The van der Waals surface area contributed by atoms with Crippen LogP contribution in [0.5, 0.6) is 0 Å². The van der Waals surface area contributed by atoms with Crippen molar-refractivity contribution in [1.29, 1.82) is 0 Å². The molecule has 1 saturated carbocycles. The molecule has 2 rings (SSSR count). The molecule has 1 heterocycles. The molecule has 12 heavy (non-hydrogen) atoms. The maximum absolute atomic E-state index is 11.1. The van der Waals surface area contributed by atoms with E-state index in [1.54, 1.807) is 0 Å². The number of carbonyl (C=O) groups excluding carboxylic acids is 1. The van der Waals surface area contributed by atoms with Crippen molar-refractivity contribution in [3.05, 3.63) is 0 Å². The third kappa shape index (κ3) is 0.629. The van der Waals surface area contributed by atoms with E-state index in [0.29, 0.717) is 12.8 Å². The topological polar surface area (TPSA) is 63.6 Å². The second-order valence-electron chi connectivity index (χ2n) is 3.44. The van der Waals surface area contributed by atoms with E-state index in [0.717, 1.165) is 0 Å². The van der Waals surface area contributed by atoms with Gasteiger partial charge in [0.1, 0.15) is 6.10 Å². The lowest BCUT2D eigenvalue weighted by molar-refractivity contribution is -0.157. The van der Waals surface area contributed by atoms with Gasteiger partial charge in [0, 0.05) is 5.92 Å². The van der Waals surface area contributed by atoms with Crippen molar-refractivity contribution in [2.24, 2.45) is 11.3 Å². The Labute approximate surface area is 69.5 Å². The van der Waals surface area contributed by atoms with Crippen molar-refractivity contribution >= 4 is 11.9 Å². The standard InChI is InChI=1S/C8H10O4/c1-2-5-4-3-8(4,6(9)10)7(11)12-5/h4-5H,2-3H2,1H3,(H,9,10)/t4-,5?,8-/m0/s1. The predicted molar refractivity (Wildman–Crippen MR) is 38.3 cm³/mol. The van der Waals surface area contributed by atoms with E-state index in [-0.39, 0.29) is 12.0 Å². The van der Waals surface area contributed by atoms with Crippen LogP contribution in [0.15, 0.2) is 0 Å². The van der Waals surface area contributed by atoms with E-state index >= 15 is 0 Å². The van der Waals surface area contributed by atoms with Crippen LogP contribution in [0.2, 0.25) is 0 Å². The van der Waals surface area contributed by atoms with Crippen molar-refractivity contribution in [2.45, 2.75) is 25.9 Å². The fraction of sp³-hybridized carbons (Fsp3) is 0.750. The first-order valence-corrected chi connectivity index (χ1v) is 4.07. The summed E-state index contributed by atoms with van der Waals surface area (Å²) in [5.41, 5.74) is -1.15. The van der Waals surface area contributed by atoms with Gasteiger partial charge < -0.3 is 9.84 Å². The van der Waals surface area contributed by atoms with E-state index < -0.39 is 17.4 Å². The third-order valence-corrected chi connectivity index (χ3v) is 2.87. The molecule has 4 heteroatoms. The predicted octanol–water partition coefficient (Wildman–Crippen LogP) is 0.413. The number of ether oxygens (including phenoxy) is 1. The molecule has 0 spiro atoms. The van der Waals surface area contributed by atoms with Crippen LogP contribution in [0, 0.1) is 11.3 Å². The second kappa shape index (κ2) is 2.00. The molecule has 1 N–H and O–H groups in total. The zero-order chi connectivity index (χ0) is 8.93. The van der Waals surface area contributed by atoms with Crippen LogP contribution in [0.3, 0.4) is 0 Å². The van der Waals surface area contributed by atoms with Gasteiger partial charge in [-0.1, -0.05) is 6.92 Å². The van der Waals surface area contributed by atoms with Crippen LogP contribution >= 0.6 is 0 Å². The molecule has 1 aliphatic carbocycles. The summed E-state index contributed by atoms with van der Waals surface area (Å²) in [6.45, 7) is 1.90. The van der Waals surface area contributed by atoms with Crippen LogP contribution in [0.25, 0.3) is 0 Å². The van der Waals surface area contributed by atoms with Crippen molar-refractivity contribution < 1.29 is 19.4 Å². The van der Waals surface area contributed by atoms with Crippen LogP contribution in [-0.4, -0.2) is 23.1 Å². The highest BCUT2D eigenvalue weighted by Crippen LogP contribution is 2.61. The Bertz CT molecular complexity index is 260. The van der Waals surface area contributed by atoms with Gasteiger partial charge in [0.25, 0.3) is 0 Å². The molecule has 0 aromatic heterocycles. The second-order valence-corrected chi connectivity index (χ2v) is 3.44. The number of carboxylic acids is 1. The highest BCUT2D eigenvalue weighted by molar-refractivity contribution is 6.04. The fourth-order valence-corrected chi connectivity index (χ4v) is 2.00. The summed E-state index contributed by atoms with van der Waals surface area (Å²) in [6, 6.07) is 0. The van der Waals surface area contributed by atoms with Gasteiger partial charge in [-0.15, -0.1) is 0 Å². The number of esters is 1. The molecule has 2 fully saturated rings. The number of fused-ring (bicyclic) bond motifs is 1. The summed E-state index contributed by atoms with van der Waals surface area (Å²) in [4.78, 5) is 21.9. The van der Waals surface area contributed by atoms with Crippen LogP contribution < -0.4 is 0 Å². The number of aliphatic carboxylic acids is 1. The van der Waals surface area contributed by atoms with Crippen molar-refractivity contribution in [1.82, 2.24) is 0 Å². The lowest BCUT2D eigenvalue weighted by Crippen LogP contribution is -2.24. The molecule has 1 saturated heterocycles. The highest BCUT2D eigenvalue weighted by Gasteiger charge is 2.74. The number of cyclic esters (lactones) is 1. The van der Waals surface area contributed by atoms with Gasteiger partial charge in [-0.25, -0.2) is 0 Å². The Kier molecular flexibility index (Phi) is 1.26. The van der Waals surface area contributed by atoms with E-state index in [1.165, 1.54) is 0 Å². The van der Waals surface area contributed by atoms with Gasteiger partial charge in [-0.05, 0) is 12.8 Å². The lowest BCUT2D eigenvalue weighted by Gasteiger charge is -2.07. The number of hydrogen-bond acceptors (Lipinski definition) is 3. The van der Waals surface area contributed by atoms with Crippen LogP contribution in [-0.2, 0) is 14.3 Å². The molecule has 0 radical (unpaired) electrons. The van der Waals surface area contributed by atoms with E-state index in [9.17, 15) is 9.59 Å². The van der Waals surface area contributed by atoms with Gasteiger partial charge in [0.15, 0.2) is 5.41 Å². The zero-order valence-corrected chi connectivity index (χ0v) is 6.74. The smallest absolute Gasteiger partial charge is 0.324 e. The maximum Gasteiger partial charge on any atom is 0.324 e. The SMILES string of the molecule is CCC1OC(=O)[C@@]2(C(=O)O)C[C@@H]12. The molecule has 1 unspecified atom stereocenters. The van der Waals surface area contributed by atoms with E-state index in [4.69, 9.17) is 9.84 Å². The summed E-state index contributed by atoms with van der Waals surface area (Å²) in [5, 5.41) is 8.80. The first kappa shape index (κ1) is 7.58. The van der Waals surface area contributed by atoms with Crippen LogP contribution in [0.4, 0.5) is 0 Å². The van der Waals surface area contributed by atoms with Crippen molar-refractivity contribution in [3.63, 3.8) is 0 Å². The molecule has 0 amide bonds. The molecule has 0 bridgehead atoms. The number of rotatable bonds is 2. The summed E-state index contributed by atoms with van der Waals surface area (Å²) >= 11 is 0. The Morgan fingerprint density at radius 3 is 2.75 bits per heavy atom. The monoisotopic (exact) mass is 170 g/mol. The summed E-state index contributed by atoms with van der Waals surface area (Å²) in [5.74, 6) is -1.62. The molecular weight excluding hydrogens is 160 g/mol. The van der Waals surface area contributed by atoms with Gasteiger partial charge in [-0.3, -0.25) is 9.59 Å². The Morgan fingerprint density at radius 1 is 1.83 bits per heavy atom. The average Bonchev–Trinajstić information content (AvgIpc) is 2.70. The zero-order valence-electron chi connectivity index (χ0n) is 6.74. The molecular formula is C8H10O4. The third-order valence-electron chi connectivity index (χ3n) is 2.87. The van der Waals surface area contributed by atoms with Gasteiger partial charge >= 0.3 is 11.9 Å². The molecule has 1 aliphatic heterocycles. The fourth-order valence-electron chi connectivity index (χ4n) is 2.00. The van der Waals surface area contributed by atoms with Gasteiger partial charge in [-0.2, -0.15) is 0 Å². The molecule has 2 aliphatic rings. The minimum absolute atomic E-state index is 0.0625. The first-order valence-electron chi connectivity index (χ1n) is 4.07. The highest BCUT2D eigenvalue weighted by atomic mass is 16.6. The minimum Gasteiger partial charge on any atom is -0.480 e. The Morgan fingerprint density at radius 2 is 2.50 bits per heavy atom. The molecule has 66 valence electrons. The summed E-state index contributed by atoms with van der Waals surface area (Å²) in [7, 11) is 0. The average molecular weight is 170 g/mol. The Hall–Kier alpha value is -1.06. The van der Waals surface area contributed by atoms with Gasteiger partial charge in [0.05, 0.1) is 0 Å². The van der Waals surface area contributed by atoms with Crippen LogP contribution in [0.1, 0.15) is 19.8 Å². The largest absolute Gasteiger partial charge is 0.480 e.